The summed E-state index contributed by atoms with van der Waals surface area (Å²) in [6.07, 6.45) is -1.39. The van der Waals surface area contributed by atoms with Gasteiger partial charge in [-0.25, -0.2) is 0 Å². The molecule has 0 fully saturated rings. The molecule has 2 aliphatic heterocycles. The van der Waals surface area contributed by atoms with E-state index >= 15 is 0 Å². The molecule has 0 atom stereocenters. The van der Waals surface area contributed by atoms with Crippen LogP contribution in [-0.2, 0) is 19.3 Å². The fraction of sp³-hybridized carbons (Fsp3) is 0.438. The zero-order valence-corrected chi connectivity index (χ0v) is 12.3. The molecule has 3 nitrogen and oxygen atoms in total. The van der Waals surface area contributed by atoms with Gasteiger partial charge in [0, 0.05) is 31.7 Å². The van der Waals surface area contributed by atoms with Crippen LogP contribution in [0.25, 0.3) is 0 Å². The average molecular weight is 310 g/mol. The van der Waals surface area contributed by atoms with Gasteiger partial charge in [-0.3, -0.25) is 9.69 Å². The molecule has 3 rings (SSSR count). The molecule has 2 heterocycles. The highest BCUT2D eigenvalue weighted by molar-refractivity contribution is 5.99. The Kier molecular flexibility index (Phi) is 3.72. The van der Waals surface area contributed by atoms with E-state index in [9.17, 15) is 18.0 Å². The summed E-state index contributed by atoms with van der Waals surface area (Å²) in [6, 6.07) is 2.79. The van der Waals surface area contributed by atoms with E-state index in [4.69, 9.17) is 0 Å². The first kappa shape index (κ1) is 15.1. The minimum atomic E-state index is -4.44. The normalized spacial score (nSPS) is 18.9. The SMILES string of the molecule is CC1=CCCN(Cc2cc3c(c(C(F)(F)F)c2)CNC3=O)C1. The van der Waals surface area contributed by atoms with Crippen molar-refractivity contribution in [2.45, 2.75) is 32.6 Å². The third kappa shape index (κ3) is 2.88. The molecule has 6 heteroatoms. The molecule has 1 aromatic carbocycles. The number of hydrogen-bond acceptors (Lipinski definition) is 2. The minimum absolute atomic E-state index is 0.0468. The van der Waals surface area contributed by atoms with E-state index in [1.54, 1.807) is 6.07 Å². The summed E-state index contributed by atoms with van der Waals surface area (Å²) in [5.74, 6) is -0.419. The predicted octanol–water partition coefficient (Wildman–Crippen LogP) is 3.10. The van der Waals surface area contributed by atoms with Crippen LogP contribution < -0.4 is 5.32 Å². The maximum atomic E-state index is 13.2. The van der Waals surface area contributed by atoms with E-state index in [-0.39, 0.29) is 17.7 Å². The molecule has 0 saturated heterocycles. The first-order valence-electron chi connectivity index (χ1n) is 7.24. The topological polar surface area (TPSA) is 32.3 Å². The van der Waals surface area contributed by atoms with E-state index in [0.717, 1.165) is 19.5 Å². The van der Waals surface area contributed by atoms with E-state index in [0.29, 0.717) is 12.1 Å². The fourth-order valence-electron chi connectivity index (χ4n) is 3.12. The van der Waals surface area contributed by atoms with Gasteiger partial charge in [0.25, 0.3) is 5.91 Å². The molecule has 1 N–H and O–H groups in total. The van der Waals surface area contributed by atoms with Crippen LogP contribution in [0.15, 0.2) is 23.8 Å². The Hall–Kier alpha value is -1.82. The summed E-state index contributed by atoms with van der Waals surface area (Å²) in [5.41, 5.74) is 1.30. The minimum Gasteiger partial charge on any atom is -0.348 e. The largest absolute Gasteiger partial charge is 0.416 e. The molecule has 1 aromatic rings. The molecule has 0 unspecified atom stereocenters. The highest BCUT2D eigenvalue weighted by Gasteiger charge is 2.37. The third-order valence-electron chi connectivity index (χ3n) is 4.10. The molecule has 118 valence electrons. The van der Waals surface area contributed by atoms with Crippen molar-refractivity contribution in [3.05, 3.63) is 46.0 Å². The number of nitrogens with one attached hydrogen (secondary N) is 1. The average Bonchev–Trinajstić information content (AvgIpc) is 2.79. The number of carbonyl (C=O) groups excluding carboxylic acids is 1. The molecule has 22 heavy (non-hydrogen) atoms. The maximum Gasteiger partial charge on any atom is 0.416 e. The Morgan fingerprint density at radius 1 is 1.32 bits per heavy atom. The lowest BCUT2D eigenvalue weighted by Gasteiger charge is -2.26. The van der Waals surface area contributed by atoms with Gasteiger partial charge in [-0.2, -0.15) is 13.2 Å². The quantitative estimate of drug-likeness (QED) is 0.851. The summed E-state index contributed by atoms with van der Waals surface area (Å²) in [4.78, 5) is 13.8. The molecule has 0 saturated carbocycles. The molecule has 1 amide bonds. The lowest BCUT2D eigenvalue weighted by atomic mass is 9.98. The van der Waals surface area contributed by atoms with Gasteiger partial charge in [0.05, 0.1) is 5.56 Å². The molecular weight excluding hydrogens is 293 g/mol. The van der Waals surface area contributed by atoms with Crippen LogP contribution in [-0.4, -0.2) is 23.9 Å². The summed E-state index contributed by atoms with van der Waals surface area (Å²) < 4.78 is 39.7. The Morgan fingerprint density at radius 3 is 2.77 bits per heavy atom. The third-order valence-corrected chi connectivity index (χ3v) is 4.10. The van der Waals surface area contributed by atoms with Crippen molar-refractivity contribution in [2.24, 2.45) is 0 Å². The van der Waals surface area contributed by atoms with Crippen molar-refractivity contribution >= 4 is 5.91 Å². The number of rotatable bonds is 2. The zero-order valence-electron chi connectivity index (χ0n) is 12.3. The van der Waals surface area contributed by atoms with Gasteiger partial charge in [-0.05, 0) is 36.6 Å². The highest BCUT2D eigenvalue weighted by atomic mass is 19.4. The summed E-state index contributed by atoms with van der Waals surface area (Å²) in [6.45, 7) is 3.97. The molecular formula is C16H17F3N2O. The van der Waals surface area contributed by atoms with Gasteiger partial charge in [0.2, 0.25) is 0 Å². The van der Waals surface area contributed by atoms with Crippen LogP contribution >= 0.6 is 0 Å². The van der Waals surface area contributed by atoms with E-state index in [2.05, 4.69) is 16.3 Å². The van der Waals surface area contributed by atoms with Crippen molar-refractivity contribution in [3.63, 3.8) is 0 Å². The van der Waals surface area contributed by atoms with Crippen molar-refractivity contribution in [1.29, 1.82) is 0 Å². The van der Waals surface area contributed by atoms with Crippen LogP contribution in [0.2, 0.25) is 0 Å². The van der Waals surface area contributed by atoms with Gasteiger partial charge in [-0.1, -0.05) is 11.6 Å². The summed E-state index contributed by atoms with van der Waals surface area (Å²) in [5, 5.41) is 2.47. The molecule has 0 spiro atoms. The molecule has 0 bridgehead atoms. The number of alkyl halides is 3. The lowest BCUT2D eigenvalue weighted by Crippen LogP contribution is -2.29. The standard InChI is InChI=1S/C16H17F3N2O/c1-10-3-2-4-21(8-10)9-11-5-12-13(7-20-15(12)22)14(6-11)16(17,18)19/h3,5-6H,2,4,7-9H2,1H3,(H,20,22). The highest BCUT2D eigenvalue weighted by Crippen LogP contribution is 2.36. The summed E-state index contributed by atoms with van der Waals surface area (Å²) in [7, 11) is 0. The zero-order chi connectivity index (χ0) is 15.9. The predicted molar refractivity (Wildman–Crippen MR) is 76.3 cm³/mol. The Morgan fingerprint density at radius 2 is 2.09 bits per heavy atom. The lowest BCUT2D eigenvalue weighted by molar-refractivity contribution is -0.138. The van der Waals surface area contributed by atoms with Gasteiger partial charge in [0.15, 0.2) is 0 Å². The first-order chi connectivity index (χ1) is 10.3. The second-order valence-corrected chi connectivity index (χ2v) is 5.90. The van der Waals surface area contributed by atoms with E-state index < -0.39 is 17.6 Å². The van der Waals surface area contributed by atoms with Crippen molar-refractivity contribution in [1.82, 2.24) is 10.2 Å². The molecule has 0 aromatic heterocycles. The maximum absolute atomic E-state index is 13.2. The van der Waals surface area contributed by atoms with Crippen LogP contribution in [0.1, 0.15) is 40.4 Å². The van der Waals surface area contributed by atoms with Crippen molar-refractivity contribution in [2.75, 3.05) is 13.1 Å². The smallest absolute Gasteiger partial charge is 0.348 e. The second-order valence-electron chi connectivity index (χ2n) is 5.90. The van der Waals surface area contributed by atoms with Crippen LogP contribution in [0, 0.1) is 0 Å². The van der Waals surface area contributed by atoms with Gasteiger partial charge in [-0.15, -0.1) is 0 Å². The Balaban J connectivity index is 1.94. The number of benzene rings is 1. The number of hydrogen-bond donors (Lipinski definition) is 1. The number of carbonyl (C=O) groups is 1. The summed E-state index contributed by atoms with van der Waals surface area (Å²) >= 11 is 0. The monoisotopic (exact) mass is 310 g/mol. The molecule has 2 aliphatic rings. The van der Waals surface area contributed by atoms with Gasteiger partial charge < -0.3 is 5.32 Å². The van der Waals surface area contributed by atoms with Crippen molar-refractivity contribution in [3.8, 4) is 0 Å². The number of nitrogens with zero attached hydrogens (tertiary/aromatic N) is 1. The van der Waals surface area contributed by atoms with Gasteiger partial charge in [0.1, 0.15) is 0 Å². The van der Waals surface area contributed by atoms with Crippen molar-refractivity contribution < 1.29 is 18.0 Å². The van der Waals surface area contributed by atoms with Crippen LogP contribution in [0.3, 0.4) is 0 Å². The number of amides is 1. The first-order valence-corrected chi connectivity index (χ1v) is 7.24. The Labute approximate surface area is 126 Å². The van der Waals surface area contributed by atoms with Crippen LogP contribution in [0.5, 0.6) is 0 Å². The molecule has 0 aliphatic carbocycles. The number of halogens is 3. The fourth-order valence-corrected chi connectivity index (χ4v) is 3.12. The Bertz CT molecular complexity index is 650. The van der Waals surface area contributed by atoms with E-state index in [1.165, 1.54) is 11.6 Å². The van der Waals surface area contributed by atoms with E-state index in [1.807, 2.05) is 6.92 Å². The molecule has 0 radical (unpaired) electrons. The van der Waals surface area contributed by atoms with Gasteiger partial charge >= 0.3 is 6.18 Å². The number of fused-ring (bicyclic) bond motifs is 1. The van der Waals surface area contributed by atoms with Crippen LogP contribution in [0.4, 0.5) is 13.2 Å². The second kappa shape index (κ2) is 5.43.